The minimum absolute atomic E-state index is 0.167. The standard InChI is InChI=1S/C17H27FN2O/c1-2-19-17(15-4-3-5-16(18)12-15)8-11-20-9-6-14(13-21)7-10-20/h3-5,12,14,17,19,21H,2,6-11,13H2,1H3. The summed E-state index contributed by atoms with van der Waals surface area (Å²) in [7, 11) is 0. The predicted molar refractivity (Wildman–Crippen MR) is 83.7 cm³/mol. The first-order valence-electron chi connectivity index (χ1n) is 8.05. The zero-order chi connectivity index (χ0) is 15.1. The van der Waals surface area contributed by atoms with Gasteiger partial charge in [0.1, 0.15) is 5.82 Å². The van der Waals surface area contributed by atoms with Crippen molar-refractivity contribution in [2.24, 2.45) is 5.92 Å². The van der Waals surface area contributed by atoms with Gasteiger partial charge in [-0.05, 0) is 69.1 Å². The number of nitrogens with zero attached hydrogens (tertiary/aromatic N) is 1. The first kappa shape index (κ1) is 16.4. The number of aliphatic hydroxyl groups excluding tert-OH is 1. The van der Waals surface area contributed by atoms with E-state index in [2.05, 4.69) is 17.1 Å². The third kappa shape index (κ3) is 5.06. The molecule has 21 heavy (non-hydrogen) atoms. The predicted octanol–water partition coefficient (Wildman–Crippen LogP) is 2.57. The van der Waals surface area contributed by atoms with Crippen molar-refractivity contribution in [3.8, 4) is 0 Å². The summed E-state index contributed by atoms with van der Waals surface area (Å²) in [6, 6.07) is 7.11. The lowest BCUT2D eigenvalue weighted by molar-refractivity contribution is 0.128. The second kappa shape index (κ2) is 8.47. The lowest BCUT2D eigenvalue weighted by atomic mass is 9.97. The van der Waals surface area contributed by atoms with Crippen molar-refractivity contribution < 1.29 is 9.50 Å². The molecule has 1 fully saturated rings. The van der Waals surface area contributed by atoms with Gasteiger partial charge < -0.3 is 15.3 Å². The Morgan fingerprint density at radius 3 is 2.76 bits per heavy atom. The fourth-order valence-corrected chi connectivity index (χ4v) is 3.06. The number of benzene rings is 1. The van der Waals surface area contributed by atoms with E-state index in [4.69, 9.17) is 0 Å². The molecule has 3 nitrogen and oxygen atoms in total. The highest BCUT2D eigenvalue weighted by Crippen LogP contribution is 2.21. The summed E-state index contributed by atoms with van der Waals surface area (Å²) >= 11 is 0. The van der Waals surface area contributed by atoms with Crippen LogP contribution in [0.5, 0.6) is 0 Å². The fraction of sp³-hybridized carbons (Fsp3) is 0.647. The van der Waals surface area contributed by atoms with Crippen LogP contribution in [0.1, 0.15) is 37.8 Å². The Morgan fingerprint density at radius 2 is 2.14 bits per heavy atom. The van der Waals surface area contributed by atoms with Gasteiger partial charge in [-0.15, -0.1) is 0 Å². The maximum Gasteiger partial charge on any atom is 0.123 e. The van der Waals surface area contributed by atoms with Gasteiger partial charge >= 0.3 is 0 Å². The second-order valence-electron chi connectivity index (χ2n) is 5.92. The molecule has 0 aliphatic carbocycles. The van der Waals surface area contributed by atoms with Gasteiger partial charge in [0.15, 0.2) is 0 Å². The molecular formula is C17H27FN2O. The van der Waals surface area contributed by atoms with E-state index in [-0.39, 0.29) is 11.9 Å². The second-order valence-corrected chi connectivity index (χ2v) is 5.92. The van der Waals surface area contributed by atoms with Gasteiger partial charge in [0.25, 0.3) is 0 Å². The third-order valence-electron chi connectivity index (χ3n) is 4.40. The molecule has 1 aliphatic heterocycles. The highest BCUT2D eigenvalue weighted by molar-refractivity contribution is 5.20. The minimum atomic E-state index is -0.167. The number of rotatable bonds is 7. The van der Waals surface area contributed by atoms with E-state index < -0.39 is 0 Å². The lowest BCUT2D eigenvalue weighted by Crippen LogP contribution is -2.37. The van der Waals surface area contributed by atoms with E-state index >= 15 is 0 Å². The van der Waals surface area contributed by atoms with E-state index in [9.17, 15) is 9.50 Å². The normalized spacial score (nSPS) is 18.8. The fourth-order valence-electron chi connectivity index (χ4n) is 3.06. The average Bonchev–Trinajstić information content (AvgIpc) is 2.52. The summed E-state index contributed by atoms with van der Waals surface area (Å²) in [4.78, 5) is 2.45. The number of likely N-dealkylation sites (tertiary alicyclic amines) is 1. The summed E-state index contributed by atoms with van der Waals surface area (Å²) in [6.45, 7) is 6.43. The summed E-state index contributed by atoms with van der Waals surface area (Å²) in [5.74, 6) is 0.313. The summed E-state index contributed by atoms with van der Waals surface area (Å²) in [5.41, 5.74) is 1.03. The molecule has 1 saturated heterocycles. The zero-order valence-corrected chi connectivity index (χ0v) is 12.9. The highest BCUT2D eigenvalue weighted by Gasteiger charge is 2.19. The molecule has 2 rings (SSSR count). The van der Waals surface area contributed by atoms with Crippen molar-refractivity contribution in [2.75, 3.05) is 32.8 Å². The quantitative estimate of drug-likeness (QED) is 0.811. The maximum absolute atomic E-state index is 13.4. The van der Waals surface area contributed by atoms with Crippen molar-refractivity contribution in [3.63, 3.8) is 0 Å². The first-order chi connectivity index (χ1) is 10.2. The van der Waals surface area contributed by atoms with Gasteiger partial charge in [-0.2, -0.15) is 0 Å². The Hall–Kier alpha value is -0.970. The average molecular weight is 294 g/mol. The van der Waals surface area contributed by atoms with E-state index in [1.54, 1.807) is 12.1 Å². The largest absolute Gasteiger partial charge is 0.396 e. The van der Waals surface area contributed by atoms with Crippen LogP contribution in [-0.4, -0.2) is 42.8 Å². The van der Waals surface area contributed by atoms with Gasteiger partial charge in [0.2, 0.25) is 0 Å². The Labute approximate surface area is 127 Å². The van der Waals surface area contributed by atoms with Gasteiger partial charge in [-0.25, -0.2) is 4.39 Å². The number of piperidine rings is 1. The third-order valence-corrected chi connectivity index (χ3v) is 4.40. The maximum atomic E-state index is 13.4. The molecule has 2 N–H and O–H groups in total. The van der Waals surface area contributed by atoms with Crippen LogP contribution >= 0.6 is 0 Å². The van der Waals surface area contributed by atoms with Crippen LogP contribution in [0.4, 0.5) is 4.39 Å². The number of nitrogens with one attached hydrogen (secondary N) is 1. The zero-order valence-electron chi connectivity index (χ0n) is 12.9. The Morgan fingerprint density at radius 1 is 1.38 bits per heavy atom. The Balaban J connectivity index is 1.86. The lowest BCUT2D eigenvalue weighted by Gasteiger charge is -2.32. The monoisotopic (exact) mass is 294 g/mol. The van der Waals surface area contributed by atoms with E-state index in [0.29, 0.717) is 12.5 Å². The molecule has 0 saturated carbocycles. The van der Waals surface area contributed by atoms with Crippen molar-refractivity contribution in [1.82, 2.24) is 10.2 Å². The molecule has 0 spiro atoms. The van der Waals surface area contributed by atoms with Gasteiger partial charge in [0, 0.05) is 12.6 Å². The summed E-state index contributed by atoms with van der Waals surface area (Å²) in [6.07, 6.45) is 3.16. The molecule has 0 aromatic heterocycles. The number of hydrogen-bond acceptors (Lipinski definition) is 3. The smallest absolute Gasteiger partial charge is 0.123 e. The molecule has 1 heterocycles. The van der Waals surface area contributed by atoms with Gasteiger partial charge in [-0.1, -0.05) is 19.1 Å². The number of aliphatic hydroxyl groups is 1. The molecule has 0 bridgehead atoms. The minimum Gasteiger partial charge on any atom is -0.396 e. The van der Waals surface area contributed by atoms with Crippen LogP contribution in [0, 0.1) is 11.7 Å². The van der Waals surface area contributed by atoms with Crippen molar-refractivity contribution in [2.45, 2.75) is 32.2 Å². The van der Waals surface area contributed by atoms with Crippen molar-refractivity contribution in [1.29, 1.82) is 0 Å². The van der Waals surface area contributed by atoms with Crippen LogP contribution in [0.15, 0.2) is 24.3 Å². The Kier molecular flexibility index (Phi) is 6.61. The molecule has 1 unspecified atom stereocenters. The summed E-state index contributed by atoms with van der Waals surface area (Å²) in [5, 5.41) is 12.6. The van der Waals surface area contributed by atoms with Gasteiger partial charge in [-0.3, -0.25) is 0 Å². The van der Waals surface area contributed by atoms with Crippen LogP contribution in [-0.2, 0) is 0 Å². The summed E-state index contributed by atoms with van der Waals surface area (Å²) < 4.78 is 13.4. The van der Waals surface area contributed by atoms with Crippen LogP contribution in [0.3, 0.4) is 0 Å². The molecular weight excluding hydrogens is 267 g/mol. The molecule has 0 amide bonds. The molecule has 118 valence electrons. The van der Waals surface area contributed by atoms with E-state index in [1.165, 1.54) is 6.07 Å². The van der Waals surface area contributed by atoms with E-state index in [0.717, 1.165) is 51.0 Å². The molecule has 1 aromatic carbocycles. The molecule has 1 atom stereocenters. The van der Waals surface area contributed by atoms with Gasteiger partial charge in [0.05, 0.1) is 0 Å². The topological polar surface area (TPSA) is 35.5 Å². The van der Waals surface area contributed by atoms with Crippen molar-refractivity contribution in [3.05, 3.63) is 35.6 Å². The highest BCUT2D eigenvalue weighted by atomic mass is 19.1. The molecule has 0 radical (unpaired) electrons. The number of hydrogen-bond donors (Lipinski definition) is 2. The SMILES string of the molecule is CCNC(CCN1CCC(CO)CC1)c1cccc(F)c1. The van der Waals surface area contributed by atoms with Crippen molar-refractivity contribution >= 4 is 0 Å². The van der Waals surface area contributed by atoms with Crippen LogP contribution in [0.2, 0.25) is 0 Å². The van der Waals surface area contributed by atoms with Crippen LogP contribution in [0.25, 0.3) is 0 Å². The Bertz CT molecular complexity index is 419. The molecule has 1 aliphatic rings. The molecule has 1 aromatic rings. The molecule has 4 heteroatoms. The first-order valence-corrected chi connectivity index (χ1v) is 8.05. The van der Waals surface area contributed by atoms with Crippen LogP contribution < -0.4 is 5.32 Å². The van der Waals surface area contributed by atoms with E-state index in [1.807, 2.05) is 6.07 Å². The number of halogens is 1.